The van der Waals surface area contributed by atoms with Crippen molar-refractivity contribution < 1.29 is 31.5 Å². The normalized spacial score (nSPS) is 11.2. The molecule has 1 rings (SSSR count). The Hall–Kier alpha value is -1.88. The third kappa shape index (κ3) is 26.3. The monoisotopic (exact) mass is 505 g/mol. The number of ether oxygens (including phenoxy) is 1. The number of nitrogens with two attached hydrogens (primary N) is 1. The van der Waals surface area contributed by atoms with Crippen molar-refractivity contribution in [3.05, 3.63) is 43.0 Å². The summed E-state index contributed by atoms with van der Waals surface area (Å²) in [4.78, 5) is 22.5. The van der Waals surface area contributed by atoms with Gasteiger partial charge in [-0.25, -0.2) is 8.42 Å². The van der Waals surface area contributed by atoms with Gasteiger partial charge in [0.05, 0.1) is 18.0 Å². The van der Waals surface area contributed by atoms with E-state index >= 15 is 0 Å². The van der Waals surface area contributed by atoms with Gasteiger partial charge in [-0.05, 0) is 24.6 Å². The van der Waals surface area contributed by atoms with Crippen molar-refractivity contribution in [3.63, 3.8) is 0 Å². The second-order valence-electron chi connectivity index (χ2n) is 6.99. The van der Waals surface area contributed by atoms with Gasteiger partial charge in [0.2, 0.25) is 16.3 Å². The van der Waals surface area contributed by atoms with E-state index in [1.807, 2.05) is 18.2 Å². The molecule has 0 radical (unpaired) electrons. The van der Waals surface area contributed by atoms with Gasteiger partial charge in [-0.2, -0.15) is 0 Å². The second kappa shape index (κ2) is 21.9. The van der Waals surface area contributed by atoms with Gasteiger partial charge in [0.15, 0.2) is 4.90 Å². The van der Waals surface area contributed by atoms with Crippen molar-refractivity contribution in [2.75, 3.05) is 19.3 Å². The molecule has 1 aromatic carbocycles. The van der Waals surface area contributed by atoms with Gasteiger partial charge in [-0.15, -0.1) is 0 Å². The van der Waals surface area contributed by atoms with E-state index in [2.05, 4.69) is 41.8 Å². The van der Waals surface area contributed by atoms with Crippen LogP contribution in [0.25, 0.3) is 0 Å². The molecule has 190 valence electrons. The largest absolute Gasteiger partial charge is 0.726 e. The van der Waals surface area contributed by atoms with Gasteiger partial charge < -0.3 is 15.0 Å². The van der Waals surface area contributed by atoms with Gasteiger partial charge in [-0.3, -0.25) is 13.8 Å². The lowest BCUT2D eigenvalue weighted by Crippen LogP contribution is -2.13. The average Bonchev–Trinajstić information content (AvgIpc) is 2.80. The fraction of sp³-hybridized carbons (Fsp3) is 0.565. The molecule has 0 fully saturated rings. The molecule has 0 aliphatic carbocycles. The first-order valence-electron chi connectivity index (χ1n) is 10.8. The lowest BCUT2D eigenvalue weighted by Gasteiger charge is -2.05. The predicted molar refractivity (Wildman–Crippen MR) is 132 cm³/mol. The van der Waals surface area contributed by atoms with E-state index in [1.54, 1.807) is 0 Å². The third-order valence-corrected chi connectivity index (χ3v) is 6.14. The van der Waals surface area contributed by atoms with Crippen molar-refractivity contribution in [2.24, 2.45) is 5.73 Å². The Morgan fingerprint density at radius 2 is 1.52 bits per heavy atom. The Balaban J connectivity index is 0. The first kappa shape index (κ1) is 33.3. The lowest BCUT2D eigenvalue weighted by molar-refractivity contribution is -0.141. The number of carbonyl (C=O) groups excluding carboxylic acids is 2. The van der Waals surface area contributed by atoms with Gasteiger partial charge in [-0.1, -0.05) is 76.6 Å². The number of rotatable bonds is 14. The van der Waals surface area contributed by atoms with Gasteiger partial charge >= 0.3 is 5.97 Å². The molecule has 0 aromatic heterocycles. The standard InChI is InChI=1S/C19H31O2S.C3H5NO.CH4O4S/c1-3-4-5-6-7-8-9-13-16-19(20)21-17-22(2)18-14-11-10-12-15-18;1-2-3(4)5;1-5-6(2,3)4/h10-12,14-15H,3-9,13,16-17H2,1-2H3;2H,1H2,(H2,4,5);1H3,(H,2,3,4)/q+1;;/p-1. The SMILES string of the molecule is C=CC(N)=O.CCCCCCCCCCC(=O)OC[S+](C)c1ccccc1.COS(=O)(=O)[O-]. The van der Waals surface area contributed by atoms with Crippen LogP contribution in [-0.2, 0) is 39.8 Å². The van der Waals surface area contributed by atoms with Crippen LogP contribution in [-0.4, -0.2) is 44.2 Å². The summed E-state index contributed by atoms with van der Waals surface area (Å²) < 4.78 is 36.4. The molecule has 0 saturated heterocycles. The van der Waals surface area contributed by atoms with Crippen LogP contribution in [0.15, 0.2) is 47.9 Å². The molecule has 1 aromatic rings. The Morgan fingerprint density at radius 3 is 1.94 bits per heavy atom. The van der Waals surface area contributed by atoms with Crippen molar-refractivity contribution in [2.45, 2.75) is 69.6 Å². The summed E-state index contributed by atoms with van der Waals surface area (Å²) >= 11 is 0. The highest BCUT2D eigenvalue weighted by atomic mass is 32.3. The van der Waals surface area contributed by atoms with Crippen LogP contribution in [0.3, 0.4) is 0 Å². The highest BCUT2D eigenvalue weighted by molar-refractivity contribution is 7.96. The molecule has 10 heteroatoms. The molecule has 0 bridgehead atoms. The summed E-state index contributed by atoms with van der Waals surface area (Å²) in [5.74, 6) is -0.00822. The van der Waals surface area contributed by atoms with Crippen LogP contribution in [0.1, 0.15) is 64.7 Å². The number of primary amides is 1. The minimum atomic E-state index is -4.41. The van der Waals surface area contributed by atoms with Crippen molar-refractivity contribution in [3.8, 4) is 0 Å². The van der Waals surface area contributed by atoms with Crippen molar-refractivity contribution >= 4 is 33.2 Å². The van der Waals surface area contributed by atoms with Gasteiger partial charge in [0.1, 0.15) is 6.26 Å². The maximum absolute atomic E-state index is 11.7. The second-order valence-corrected chi connectivity index (χ2v) is 10.1. The molecule has 8 nitrogen and oxygen atoms in total. The maximum atomic E-state index is 11.7. The molecular weight excluding hydrogens is 466 g/mol. The van der Waals surface area contributed by atoms with E-state index in [-0.39, 0.29) is 16.9 Å². The zero-order valence-corrected chi connectivity index (χ0v) is 21.6. The predicted octanol–water partition coefficient (Wildman–Crippen LogP) is 4.08. The van der Waals surface area contributed by atoms with Crippen molar-refractivity contribution in [1.82, 2.24) is 0 Å². The molecule has 1 unspecified atom stereocenters. The molecule has 1 atom stereocenters. The summed E-state index contributed by atoms with van der Waals surface area (Å²) in [5, 5.41) is 0. The minimum Gasteiger partial charge on any atom is -0.726 e. The van der Waals surface area contributed by atoms with E-state index in [0.717, 1.165) is 26.0 Å². The molecule has 0 aliphatic rings. The number of benzene rings is 1. The number of hydrogen-bond acceptors (Lipinski definition) is 7. The molecule has 0 aliphatic heterocycles. The number of amides is 1. The quantitative estimate of drug-likeness (QED) is 0.100. The number of carbonyl (C=O) groups is 2. The Bertz CT molecular complexity index is 740. The number of unbranched alkanes of at least 4 members (excludes halogenated alkanes) is 7. The molecule has 1 amide bonds. The van der Waals surface area contributed by atoms with Crippen LogP contribution in [0, 0.1) is 0 Å². The summed E-state index contributed by atoms with van der Waals surface area (Å²) in [5.41, 5.74) is 4.53. The highest BCUT2D eigenvalue weighted by Gasteiger charge is 2.17. The molecule has 0 spiro atoms. The lowest BCUT2D eigenvalue weighted by atomic mass is 10.1. The summed E-state index contributed by atoms with van der Waals surface area (Å²) in [6.45, 7) is 5.33. The maximum Gasteiger partial charge on any atom is 0.309 e. The average molecular weight is 506 g/mol. The van der Waals surface area contributed by atoms with E-state index in [9.17, 15) is 22.6 Å². The van der Waals surface area contributed by atoms with Crippen LogP contribution in [0.4, 0.5) is 0 Å². The molecule has 0 heterocycles. The Morgan fingerprint density at radius 1 is 1.06 bits per heavy atom. The van der Waals surface area contributed by atoms with E-state index in [0.29, 0.717) is 12.4 Å². The first-order chi connectivity index (χ1) is 15.6. The zero-order valence-electron chi connectivity index (χ0n) is 20.0. The number of hydrogen-bond donors (Lipinski definition) is 1. The van der Waals surface area contributed by atoms with E-state index in [4.69, 9.17) is 4.74 Å². The van der Waals surface area contributed by atoms with Crippen molar-refractivity contribution in [1.29, 1.82) is 0 Å². The summed E-state index contributed by atoms with van der Waals surface area (Å²) in [6, 6.07) is 10.3. The topological polar surface area (TPSA) is 136 Å². The minimum absolute atomic E-state index is 0.0108. The Kier molecular flexibility index (Phi) is 22.1. The van der Waals surface area contributed by atoms with Crippen LogP contribution < -0.4 is 5.73 Å². The van der Waals surface area contributed by atoms with Gasteiger partial charge in [0, 0.05) is 6.42 Å². The zero-order chi connectivity index (χ0) is 25.5. The van der Waals surface area contributed by atoms with E-state index in [1.165, 1.54) is 43.4 Å². The molecule has 2 N–H and O–H groups in total. The third-order valence-electron chi connectivity index (χ3n) is 4.18. The first-order valence-corrected chi connectivity index (χ1v) is 14.0. The van der Waals surface area contributed by atoms with E-state index < -0.39 is 16.3 Å². The molecule has 33 heavy (non-hydrogen) atoms. The smallest absolute Gasteiger partial charge is 0.309 e. The fourth-order valence-corrected chi connectivity index (χ4v) is 3.42. The Labute approximate surface area is 202 Å². The fourth-order valence-electron chi connectivity index (χ4n) is 2.35. The van der Waals surface area contributed by atoms with Crippen LogP contribution in [0.2, 0.25) is 0 Å². The summed E-state index contributed by atoms with van der Waals surface area (Å²) in [6.07, 6.45) is 13.8. The van der Waals surface area contributed by atoms with Gasteiger partial charge in [0.25, 0.3) is 5.94 Å². The molecule has 0 saturated carbocycles. The molecular formula is C23H39NO7S2. The van der Waals surface area contributed by atoms with Crippen LogP contribution in [0.5, 0.6) is 0 Å². The van der Waals surface area contributed by atoms with Crippen LogP contribution >= 0.6 is 0 Å². The highest BCUT2D eigenvalue weighted by Crippen LogP contribution is 2.12. The summed E-state index contributed by atoms with van der Waals surface area (Å²) in [7, 11) is -3.61. The number of esters is 1.